The van der Waals surface area contributed by atoms with E-state index in [-0.39, 0.29) is 6.54 Å². The molecule has 0 aliphatic carbocycles. The summed E-state index contributed by atoms with van der Waals surface area (Å²) in [6.07, 6.45) is 1.54. The average molecular weight is 299 g/mol. The van der Waals surface area contributed by atoms with E-state index in [2.05, 4.69) is 6.92 Å². The molecule has 0 N–H and O–H groups in total. The highest BCUT2D eigenvalue weighted by atomic mass is 32.2. The summed E-state index contributed by atoms with van der Waals surface area (Å²) in [6.45, 7) is 3.34. The van der Waals surface area contributed by atoms with Crippen molar-refractivity contribution in [1.82, 2.24) is 4.31 Å². The standard InChI is InChI=1S/C14H21NO4S/c1-3-4-12-5-7-13(8-6-12)20(16,17)15(2)11-14-18-9-10-19-14/h5-8,14H,3-4,9-11H2,1-2H3. The summed E-state index contributed by atoms with van der Waals surface area (Å²) in [6, 6.07) is 7.06. The summed E-state index contributed by atoms with van der Waals surface area (Å²) in [5.74, 6) is 0. The molecule has 112 valence electrons. The number of rotatable bonds is 6. The van der Waals surface area contributed by atoms with Gasteiger partial charge < -0.3 is 9.47 Å². The molecule has 1 aromatic rings. The van der Waals surface area contributed by atoms with Crippen molar-refractivity contribution in [3.8, 4) is 0 Å². The fourth-order valence-electron chi connectivity index (χ4n) is 2.12. The number of likely N-dealkylation sites (N-methyl/N-ethyl adjacent to an activating group) is 1. The average Bonchev–Trinajstić information content (AvgIpc) is 2.92. The number of ether oxygens (including phenoxy) is 2. The van der Waals surface area contributed by atoms with Crippen molar-refractivity contribution in [3.63, 3.8) is 0 Å². The molecule has 0 radical (unpaired) electrons. The van der Waals surface area contributed by atoms with Gasteiger partial charge in [0.1, 0.15) is 0 Å². The predicted molar refractivity (Wildman–Crippen MR) is 75.9 cm³/mol. The van der Waals surface area contributed by atoms with Gasteiger partial charge >= 0.3 is 0 Å². The van der Waals surface area contributed by atoms with Gasteiger partial charge in [-0.15, -0.1) is 0 Å². The molecule has 1 aromatic carbocycles. The molecule has 0 amide bonds. The van der Waals surface area contributed by atoms with Crippen LogP contribution >= 0.6 is 0 Å². The van der Waals surface area contributed by atoms with Crippen molar-refractivity contribution < 1.29 is 17.9 Å². The molecule has 20 heavy (non-hydrogen) atoms. The monoisotopic (exact) mass is 299 g/mol. The first-order valence-corrected chi connectivity index (χ1v) is 8.26. The van der Waals surface area contributed by atoms with Gasteiger partial charge in [0, 0.05) is 7.05 Å². The van der Waals surface area contributed by atoms with Gasteiger partial charge in [0.2, 0.25) is 10.0 Å². The Morgan fingerprint density at radius 2 is 1.80 bits per heavy atom. The molecule has 5 nitrogen and oxygen atoms in total. The molecule has 0 saturated carbocycles. The largest absolute Gasteiger partial charge is 0.349 e. The number of benzene rings is 1. The topological polar surface area (TPSA) is 55.8 Å². The lowest BCUT2D eigenvalue weighted by molar-refractivity contribution is -0.0482. The first kappa shape index (κ1) is 15.4. The molecule has 1 aliphatic heterocycles. The molecule has 0 unspecified atom stereocenters. The summed E-state index contributed by atoms with van der Waals surface area (Å²) in [5, 5.41) is 0. The maximum atomic E-state index is 12.4. The minimum absolute atomic E-state index is 0.207. The second kappa shape index (κ2) is 6.67. The molecule has 2 rings (SSSR count). The smallest absolute Gasteiger partial charge is 0.242 e. The highest BCUT2D eigenvalue weighted by molar-refractivity contribution is 7.89. The zero-order valence-corrected chi connectivity index (χ0v) is 12.7. The first-order chi connectivity index (χ1) is 9.54. The number of hydrogen-bond donors (Lipinski definition) is 0. The molecule has 0 spiro atoms. The van der Waals surface area contributed by atoms with Crippen LogP contribution in [0.25, 0.3) is 0 Å². The van der Waals surface area contributed by atoms with Gasteiger partial charge in [0.15, 0.2) is 6.29 Å². The van der Waals surface area contributed by atoms with Crippen LogP contribution in [0.3, 0.4) is 0 Å². The molecule has 0 aromatic heterocycles. The van der Waals surface area contributed by atoms with Gasteiger partial charge in [0.05, 0.1) is 24.7 Å². The maximum absolute atomic E-state index is 12.4. The molecule has 1 saturated heterocycles. The number of nitrogens with zero attached hydrogens (tertiary/aromatic N) is 1. The van der Waals surface area contributed by atoms with E-state index in [0.29, 0.717) is 18.1 Å². The van der Waals surface area contributed by atoms with Crippen molar-refractivity contribution in [3.05, 3.63) is 29.8 Å². The Labute approximate surface area is 120 Å². The van der Waals surface area contributed by atoms with E-state index >= 15 is 0 Å². The van der Waals surface area contributed by atoms with Crippen molar-refractivity contribution in [2.45, 2.75) is 31.0 Å². The van der Waals surface area contributed by atoms with E-state index in [1.165, 1.54) is 4.31 Å². The minimum Gasteiger partial charge on any atom is -0.349 e. The number of aryl methyl sites for hydroxylation is 1. The molecule has 0 atom stereocenters. The summed E-state index contributed by atoms with van der Waals surface area (Å²) in [4.78, 5) is 0.304. The SMILES string of the molecule is CCCc1ccc(S(=O)(=O)N(C)CC2OCCO2)cc1. The Morgan fingerprint density at radius 3 is 2.35 bits per heavy atom. The summed E-state index contributed by atoms with van der Waals surface area (Å²) < 4.78 is 36.6. The van der Waals surface area contributed by atoms with Crippen molar-refractivity contribution >= 4 is 10.0 Å². The van der Waals surface area contributed by atoms with E-state index in [1.807, 2.05) is 12.1 Å². The minimum atomic E-state index is -3.48. The Hall–Kier alpha value is -0.950. The van der Waals surface area contributed by atoms with Crippen LogP contribution in [-0.4, -0.2) is 45.8 Å². The van der Waals surface area contributed by atoms with Crippen LogP contribution in [0.15, 0.2) is 29.2 Å². The fraction of sp³-hybridized carbons (Fsp3) is 0.571. The first-order valence-electron chi connectivity index (χ1n) is 6.82. The fourth-order valence-corrected chi connectivity index (χ4v) is 3.28. The highest BCUT2D eigenvalue weighted by Gasteiger charge is 2.26. The van der Waals surface area contributed by atoms with Gasteiger partial charge in [-0.2, -0.15) is 4.31 Å². The van der Waals surface area contributed by atoms with E-state index < -0.39 is 16.3 Å². The molecular formula is C14H21NO4S. The van der Waals surface area contributed by atoms with E-state index in [9.17, 15) is 8.42 Å². The predicted octanol–water partition coefficient (Wildman–Crippen LogP) is 1.63. The van der Waals surface area contributed by atoms with Crippen LogP contribution in [0.2, 0.25) is 0 Å². The highest BCUT2D eigenvalue weighted by Crippen LogP contribution is 2.17. The van der Waals surface area contributed by atoms with Crippen LogP contribution in [0.1, 0.15) is 18.9 Å². The quantitative estimate of drug-likeness (QED) is 0.801. The van der Waals surface area contributed by atoms with Gasteiger partial charge in [-0.3, -0.25) is 0 Å². The Bertz CT molecular complexity index is 521. The molecule has 1 fully saturated rings. The van der Waals surface area contributed by atoms with Crippen LogP contribution in [-0.2, 0) is 25.9 Å². The molecule has 0 bridgehead atoms. The third-order valence-electron chi connectivity index (χ3n) is 3.27. The molecule has 1 heterocycles. The molecule has 6 heteroatoms. The summed E-state index contributed by atoms with van der Waals surface area (Å²) >= 11 is 0. The Morgan fingerprint density at radius 1 is 1.20 bits per heavy atom. The van der Waals surface area contributed by atoms with Crippen molar-refractivity contribution in [2.24, 2.45) is 0 Å². The Kier molecular flexibility index (Phi) is 5.15. The maximum Gasteiger partial charge on any atom is 0.242 e. The van der Waals surface area contributed by atoms with Gasteiger partial charge in [-0.05, 0) is 24.1 Å². The van der Waals surface area contributed by atoms with Crippen LogP contribution in [0, 0.1) is 0 Å². The van der Waals surface area contributed by atoms with Crippen molar-refractivity contribution in [2.75, 3.05) is 26.8 Å². The molecule has 1 aliphatic rings. The van der Waals surface area contributed by atoms with Gasteiger partial charge in [-0.25, -0.2) is 8.42 Å². The number of sulfonamides is 1. The lowest BCUT2D eigenvalue weighted by Gasteiger charge is -2.20. The normalized spacial score (nSPS) is 16.9. The van der Waals surface area contributed by atoms with E-state index in [4.69, 9.17) is 9.47 Å². The second-order valence-corrected chi connectivity index (χ2v) is 6.90. The van der Waals surface area contributed by atoms with E-state index in [0.717, 1.165) is 18.4 Å². The second-order valence-electron chi connectivity index (χ2n) is 4.85. The lowest BCUT2D eigenvalue weighted by Crippen LogP contribution is -2.34. The van der Waals surface area contributed by atoms with Gasteiger partial charge in [0.25, 0.3) is 0 Å². The van der Waals surface area contributed by atoms with Crippen LogP contribution in [0.5, 0.6) is 0 Å². The lowest BCUT2D eigenvalue weighted by atomic mass is 10.1. The zero-order chi connectivity index (χ0) is 14.6. The third-order valence-corrected chi connectivity index (χ3v) is 5.10. The summed E-state index contributed by atoms with van der Waals surface area (Å²) in [5.41, 5.74) is 1.15. The third kappa shape index (κ3) is 3.58. The van der Waals surface area contributed by atoms with Crippen LogP contribution < -0.4 is 0 Å². The summed E-state index contributed by atoms with van der Waals surface area (Å²) in [7, 11) is -1.94. The van der Waals surface area contributed by atoms with Crippen LogP contribution in [0.4, 0.5) is 0 Å². The van der Waals surface area contributed by atoms with Gasteiger partial charge in [-0.1, -0.05) is 25.5 Å². The molecular weight excluding hydrogens is 278 g/mol. The Balaban J connectivity index is 2.07. The zero-order valence-electron chi connectivity index (χ0n) is 11.9. The van der Waals surface area contributed by atoms with E-state index in [1.54, 1.807) is 19.2 Å². The number of hydrogen-bond acceptors (Lipinski definition) is 4. The van der Waals surface area contributed by atoms with Crippen molar-refractivity contribution in [1.29, 1.82) is 0 Å².